The topological polar surface area (TPSA) is 67.7 Å². The lowest BCUT2D eigenvalue weighted by Crippen LogP contribution is -2.54. The summed E-state index contributed by atoms with van der Waals surface area (Å²) in [5.41, 5.74) is 1.57. The Morgan fingerprint density at radius 3 is 2.53 bits per heavy atom. The molecule has 2 atom stereocenters. The Bertz CT molecular complexity index is 1570. The highest BCUT2D eigenvalue weighted by atomic mass is 35.5. The smallest absolute Gasteiger partial charge is 0.266 e. The number of fused-ring (bicyclic) bond motifs is 1. The van der Waals surface area contributed by atoms with Crippen LogP contribution in [0.3, 0.4) is 0 Å². The average molecular weight is 551 g/mol. The van der Waals surface area contributed by atoms with E-state index in [0.717, 1.165) is 0 Å². The molecule has 4 aromatic rings. The lowest BCUT2D eigenvalue weighted by Gasteiger charge is -2.42. The third kappa shape index (κ3) is 4.77. The van der Waals surface area contributed by atoms with E-state index in [0.29, 0.717) is 63.4 Å². The summed E-state index contributed by atoms with van der Waals surface area (Å²) < 4.78 is 7.25. The fourth-order valence-electron chi connectivity index (χ4n) is 5.10. The molecule has 1 amide bonds. The van der Waals surface area contributed by atoms with Gasteiger partial charge in [-0.25, -0.2) is 4.98 Å². The number of ether oxygens (including phenoxy) is 1. The predicted molar refractivity (Wildman–Crippen MR) is 151 cm³/mol. The van der Waals surface area contributed by atoms with E-state index in [2.05, 4.69) is 4.90 Å². The number of aromatic nitrogens is 2. The highest BCUT2D eigenvalue weighted by Gasteiger charge is 2.33. The van der Waals surface area contributed by atoms with Crippen molar-refractivity contribution in [3.05, 3.63) is 98.5 Å². The second-order valence-electron chi connectivity index (χ2n) is 9.44. The molecule has 2 heterocycles. The molecule has 0 spiro atoms. The highest BCUT2D eigenvalue weighted by molar-refractivity contribution is 6.36. The molecule has 1 saturated heterocycles. The number of halogens is 2. The van der Waals surface area contributed by atoms with Gasteiger partial charge in [-0.05, 0) is 56.3 Å². The van der Waals surface area contributed by atoms with E-state index >= 15 is 0 Å². The maximum Gasteiger partial charge on any atom is 0.266 e. The first-order valence-corrected chi connectivity index (χ1v) is 13.2. The molecule has 0 saturated carbocycles. The first-order chi connectivity index (χ1) is 18.3. The van der Waals surface area contributed by atoms with Crippen LogP contribution in [-0.4, -0.2) is 58.0 Å². The number of carbonyl (C=O) groups excluding carboxylic acids is 1. The highest BCUT2D eigenvalue weighted by Crippen LogP contribution is 2.30. The number of benzene rings is 3. The summed E-state index contributed by atoms with van der Waals surface area (Å²) in [5, 5.41) is 1.37. The largest absolute Gasteiger partial charge is 0.495 e. The Kier molecular flexibility index (Phi) is 7.43. The predicted octanol–water partition coefficient (Wildman–Crippen LogP) is 5.61. The molecular formula is C29H28Cl2N4O3. The molecule has 0 aliphatic carbocycles. The van der Waals surface area contributed by atoms with Crippen LogP contribution in [-0.2, 0) is 0 Å². The van der Waals surface area contributed by atoms with Crippen LogP contribution in [0.4, 0.5) is 0 Å². The standard InChI is InChI=1S/C29H28Cl2N4O3/c1-18-17-33(14-15-34(18)28(36)21-13-12-20(30)16-23(21)31)19(2)27-32-24-9-5-4-8-22(24)29(37)35(27)25-10-6-7-11-26(25)38-3/h4-13,16,18-19H,14-15,17H2,1-3H3. The maximum absolute atomic E-state index is 13.8. The second-order valence-corrected chi connectivity index (χ2v) is 10.3. The fraction of sp³-hybridized carbons (Fsp3) is 0.276. The minimum Gasteiger partial charge on any atom is -0.495 e. The number of hydrogen-bond acceptors (Lipinski definition) is 5. The molecule has 196 valence electrons. The Hall–Kier alpha value is -3.39. The Morgan fingerprint density at radius 1 is 1.05 bits per heavy atom. The van der Waals surface area contributed by atoms with E-state index in [4.69, 9.17) is 32.9 Å². The van der Waals surface area contributed by atoms with Gasteiger partial charge < -0.3 is 9.64 Å². The van der Waals surface area contributed by atoms with Gasteiger partial charge in [0.05, 0.1) is 40.3 Å². The van der Waals surface area contributed by atoms with Gasteiger partial charge in [0.2, 0.25) is 0 Å². The molecule has 0 N–H and O–H groups in total. The number of nitrogens with zero attached hydrogens (tertiary/aromatic N) is 4. The van der Waals surface area contributed by atoms with E-state index < -0.39 is 0 Å². The van der Waals surface area contributed by atoms with Gasteiger partial charge in [0, 0.05) is 30.7 Å². The van der Waals surface area contributed by atoms with E-state index in [9.17, 15) is 9.59 Å². The van der Waals surface area contributed by atoms with E-state index in [1.54, 1.807) is 35.9 Å². The van der Waals surface area contributed by atoms with Crippen LogP contribution in [0.2, 0.25) is 10.0 Å². The molecule has 0 radical (unpaired) electrons. The molecule has 5 rings (SSSR count). The first-order valence-electron chi connectivity index (χ1n) is 12.4. The number of piperazine rings is 1. The van der Waals surface area contributed by atoms with Gasteiger partial charge in [-0.3, -0.25) is 19.1 Å². The number of hydrogen-bond donors (Lipinski definition) is 0. The molecule has 1 aliphatic heterocycles. The SMILES string of the molecule is COc1ccccc1-n1c(C(C)N2CCN(C(=O)c3ccc(Cl)cc3Cl)C(C)C2)nc2ccccc2c1=O. The molecule has 7 nitrogen and oxygen atoms in total. The molecule has 9 heteroatoms. The summed E-state index contributed by atoms with van der Waals surface area (Å²) in [6.45, 7) is 5.78. The van der Waals surface area contributed by atoms with Gasteiger partial charge in [-0.15, -0.1) is 0 Å². The van der Waals surface area contributed by atoms with Crippen LogP contribution in [0.25, 0.3) is 16.6 Å². The number of rotatable bonds is 5. The van der Waals surface area contributed by atoms with Crippen molar-refractivity contribution in [2.45, 2.75) is 25.9 Å². The number of methoxy groups -OCH3 is 1. The van der Waals surface area contributed by atoms with Gasteiger partial charge in [-0.2, -0.15) is 0 Å². The normalized spacial score (nSPS) is 17.0. The summed E-state index contributed by atoms with van der Waals surface area (Å²) >= 11 is 12.3. The van der Waals surface area contributed by atoms with Crippen molar-refractivity contribution in [2.24, 2.45) is 0 Å². The summed E-state index contributed by atoms with van der Waals surface area (Å²) in [5.74, 6) is 1.08. The molecule has 3 aromatic carbocycles. The zero-order valence-electron chi connectivity index (χ0n) is 21.4. The van der Waals surface area contributed by atoms with E-state index in [-0.39, 0.29) is 23.6 Å². The van der Waals surface area contributed by atoms with Crippen molar-refractivity contribution >= 4 is 40.0 Å². The van der Waals surface area contributed by atoms with Gasteiger partial charge in [0.25, 0.3) is 11.5 Å². The zero-order chi connectivity index (χ0) is 27.0. The van der Waals surface area contributed by atoms with Crippen LogP contribution in [0, 0.1) is 0 Å². The molecular weight excluding hydrogens is 523 g/mol. The van der Waals surface area contributed by atoms with Crippen LogP contribution in [0.15, 0.2) is 71.5 Å². The maximum atomic E-state index is 13.8. The van der Waals surface area contributed by atoms with Gasteiger partial charge >= 0.3 is 0 Å². The van der Waals surface area contributed by atoms with Crippen LogP contribution in [0.1, 0.15) is 36.1 Å². The molecule has 1 aromatic heterocycles. The molecule has 1 fully saturated rings. The van der Waals surface area contributed by atoms with Crippen molar-refractivity contribution in [1.29, 1.82) is 0 Å². The molecule has 38 heavy (non-hydrogen) atoms. The van der Waals surface area contributed by atoms with Crippen molar-refractivity contribution in [2.75, 3.05) is 26.7 Å². The minimum absolute atomic E-state index is 0.0858. The fourth-order valence-corrected chi connectivity index (χ4v) is 5.59. The summed E-state index contributed by atoms with van der Waals surface area (Å²) in [7, 11) is 1.59. The monoisotopic (exact) mass is 550 g/mol. The van der Waals surface area contributed by atoms with Gasteiger partial charge in [0.15, 0.2) is 0 Å². The quantitative estimate of drug-likeness (QED) is 0.323. The third-order valence-electron chi connectivity index (χ3n) is 7.13. The van der Waals surface area contributed by atoms with Crippen molar-refractivity contribution in [3.8, 4) is 11.4 Å². The van der Waals surface area contributed by atoms with E-state index in [1.807, 2.05) is 61.2 Å². The Balaban J connectivity index is 1.49. The Labute approximate surface area is 231 Å². The lowest BCUT2D eigenvalue weighted by molar-refractivity contribution is 0.0394. The summed E-state index contributed by atoms with van der Waals surface area (Å²) in [6.07, 6.45) is 0. The molecule has 1 aliphatic rings. The van der Waals surface area contributed by atoms with Crippen molar-refractivity contribution < 1.29 is 9.53 Å². The van der Waals surface area contributed by atoms with Crippen LogP contribution < -0.4 is 10.3 Å². The minimum atomic E-state index is -0.212. The Morgan fingerprint density at radius 2 is 1.79 bits per heavy atom. The number of amides is 1. The zero-order valence-corrected chi connectivity index (χ0v) is 22.9. The molecule has 2 unspecified atom stereocenters. The lowest BCUT2D eigenvalue weighted by atomic mass is 10.1. The number of para-hydroxylation sites is 3. The van der Waals surface area contributed by atoms with Gasteiger partial charge in [-0.1, -0.05) is 47.5 Å². The molecule has 0 bridgehead atoms. The van der Waals surface area contributed by atoms with Crippen LogP contribution >= 0.6 is 23.2 Å². The number of carbonyl (C=O) groups is 1. The van der Waals surface area contributed by atoms with Crippen molar-refractivity contribution in [3.63, 3.8) is 0 Å². The summed E-state index contributed by atoms with van der Waals surface area (Å²) in [6, 6.07) is 19.4. The first kappa shape index (κ1) is 26.2. The average Bonchev–Trinajstić information content (AvgIpc) is 2.92. The van der Waals surface area contributed by atoms with Crippen LogP contribution in [0.5, 0.6) is 5.75 Å². The third-order valence-corrected chi connectivity index (χ3v) is 7.68. The van der Waals surface area contributed by atoms with Gasteiger partial charge in [0.1, 0.15) is 11.6 Å². The summed E-state index contributed by atoms with van der Waals surface area (Å²) in [4.78, 5) is 36.1. The van der Waals surface area contributed by atoms with E-state index in [1.165, 1.54) is 0 Å². The van der Waals surface area contributed by atoms with Crippen molar-refractivity contribution in [1.82, 2.24) is 19.4 Å². The second kappa shape index (κ2) is 10.8.